The van der Waals surface area contributed by atoms with Gasteiger partial charge in [-0.1, -0.05) is 12.8 Å². The number of fused-ring (bicyclic) bond motifs is 1. The number of hydrogen-bond donors (Lipinski definition) is 3. The van der Waals surface area contributed by atoms with E-state index in [0.29, 0.717) is 35.7 Å². The molecule has 0 spiro atoms. The monoisotopic (exact) mass is 380 g/mol. The van der Waals surface area contributed by atoms with Gasteiger partial charge in [0.15, 0.2) is 0 Å². The number of H-pyrrole nitrogens is 1. The maximum absolute atomic E-state index is 12.6. The topological polar surface area (TPSA) is 102 Å². The zero-order chi connectivity index (χ0) is 19.5. The number of carbonyl (C=O) groups is 1. The number of hydrogen-bond acceptors (Lipinski definition) is 4. The molecule has 146 valence electrons. The van der Waals surface area contributed by atoms with Crippen molar-refractivity contribution in [3.8, 4) is 5.75 Å². The van der Waals surface area contributed by atoms with E-state index in [1.54, 1.807) is 36.4 Å². The summed E-state index contributed by atoms with van der Waals surface area (Å²) in [6.45, 7) is 0.899. The quantitative estimate of drug-likeness (QED) is 0.612. The molecular formula is C21H24N4O3. The van der Waals surface area contributed by atoms with Gasteiger partial charge in [-0.3, -0.25) is 9.36 Å². The van der Waals surface area contributed by atoms with Gasteiger partial charge in [-0.25, -0.2) is 4.79 Å². The fourth-order valence-electron chi connectivity index (χ4n) is 3.81. The van der Waals surface area contributed by atoms with Gasteiger partial charge in [0.2, 0.25) is 0 Å². The fraction of sp³-hybridized carbons (Fsp3) is 0.333. The van der Waals surface area contributed by atoms with Gasteiger partial charge < -0.3 is 20.8 Å². The third kappa shape index (κ3) is 3.66. The second-order valence-corrected chi connectivity index (χ2v) is 7.09. The molecule has 7 nitrogen and oxygen atoms in total. The maximum Gasteiger partial charge on any atom is 0.326 e. The van der Waals surface area contributed by atoms with Crippen molar-refractivity contribution in [1.82, 2.24) is 9.55 Å². The Bertz CT molecular complexity index is 1030. The average Bonchev–Trinajstić information content (AvgIpc) is 3.33. The molecule has 0 unspecified atom stereocenters. The Labute approximate surface area is 162 Å². The van der Waals surface area contributed by atoms with Gasteiger partial charge >= 0.3 is 5.69 Å². The van der Waals surface area contributed by atoms with E-state index in [2.05, 4.69) is 10.3 Å². The second kappa shape index (κ2) is 7.90. The Hall–Kier alpha value is -3.06. The van der Waals surface area contributed by atoms with E-state index in [1.165, 1.54) is 0 Å². The van der Waals surface area contributed by atoms with Crippen LogP contribution in [0.15, 0.2) is 47.3 Å². The molecule has 0 saturated heterocycles. The Kier molecular flexibility index (Phi) is 5.16. The molecule has 28 heavy (non-hydrogen) atoms. The highest BCUT2D eigenvalue weighted by Gasteiger charge is 2.21. The zero-order valence-corrected chi connectivity index (χ0v) is 15.6. The van der Waals surface area contributed by atoms with E-state index < -0.39 is 0 Å². The highest BCUT2D eigenvalue weighted by molar-refractivity contribution is 6.05. The van der Waals surface area contributed by atoms with Crippen LogP contribution in [-0.2, 0) is 0 Å². The van der Waals surface area contributed by atoms with Crippen LogP contribution in [0.5, 0.6) is 5.75 Å². The summed E-state index contributed by atoms with van der Waals surface area (Å²) in [6, 6.07) is 12.7. The molecule has 1 heterocycles. The van der Waals surface area contributed by atoms with E-state index in [-0.39, 0.29) is 17.6 Å². The number of nitrogens with one attached hydrogen (secondary N) is 2. The van der Waals surface area contributed by atoms with Crippen molar-refractivity contribution in [2.75, 3.05) is 18.5 Å². The van der Waals surface area contributed by atoms with Crippen LogP contribution in [0, 0.1) is 0 Å². The smallest absolute Gasteiger partial charge is 0.326 e. The molecule has 0 aliphatic heterocycles. The Balaban J connectivity index is 1.52. The number of anilines is 1. The van der Waals surface area contributed by atoms with Crippen molar-refractivity contribution in [1.29, 1.82) is 0 Å². The third-order valence-corrected chi connectivity index (χ3v) is 5.17. The van der Waals surface area contributed by atoms with E-state index >= 15 is 0 Å². The van der Waals surface area contributed by atoms with Crippen LogP contribution in [0.3, 0.4) is 0 Å². The van der Waals surface area contributed by atoms with Crippen LogP contribution in [0.1, 0.15) is 42.1 Å². The van der Waals surface area contributed by atoms with E-state index in [0.717, 1.165) is 31.2 Å². The largest absolute Gasteiger partial charge is 0.492 e. The number of carbonyl (C=O) groups excluding carboxylic acids is 1. The molecule has 2 aromatic carbocycles. The molecule has 7 heteroatoms. The summed E-state index contributed by atoms with van der Waals surface area (Å²) in [6.07, 6.45) is 4.36. The Morgan fingerprint density at radius 3 is 2.64 bits per heavy atom. The van der Waals surface area contributed by atoms with Gasteiger partial charge in [0.05, 0.1) is 11.0 Å². The first-order chi connectivity index (χ1) is 13.7. The third-order valence-electron chi connectivity index (χ3n) is 5.17. The van der Waals surface area contributed by atoms with Crippen molar-refractivity contribution in [3.05, 3.63) is 58.5 Å². The number of aromatic nitrogens is 2. The van der Waals surface area contributed by atoms with Crippen LogP contribution >= 0.6 is 0 Å². The SMILES string of the molecule is NCCOc1ccc(NC(=O)c2ccc3c(c2)[nH]c(=O)n3C2CCCC2)cc1. The van der Waals surface area contributed by atoms with Gasteiger partial charge in [0.1, 0.15) is 12.4 Å². The average molecular weight is 380 g/mol. The summed E-state index contributed by atoms with van der Waals surface area (Å²) < 4.78 is 7.27. The Morgan fingerprint density at radius 2 is 1.93 bits per heavy atom. The second-order valence-electron chi connectivity index (χ2n) is 7.09. The summed E-state index contributed by atoms with van der Waals surface area (Å²) in [5, 5.41) is 2.86. The minimum absolute atomic E-state index is 0.104. The van der Waals surface area contributed by atoms with Crippen molar-refractivity contribution in [3.63, 3.8) is 0 Å². The molecule has 0 atom stereocenters. The summed E-state index contributed by atoms with van der Waals surface area (Å²) in [5.74, 6) is 0.475. The number of rotatable bonds is 6. The van der Waals surface area contributed by atoms with Gasteiger partial charge in [0, 0.05) is 23.8 Å². The lowest BCUT2D eigenvalue weighted by Crippen LogP contribution is -2.20. The molecular weight excluding hydrogens is 356 g/mol. The van der Waals surface area contributed by atoms with Gasteiger partial charge in [-0.2, -0.15) is 0 Å². The first-order valence-corrected chi connectivity index (χ1v) is 9.64. The zero-order valence-electron chi connectivity index (χ0n) is 15.6. The van der Waals surface area contributed by atoms with Gasteiger partial charge in [-0.15, -0.1) is 0 Å². The van der Waals surface area contributed by atoms with Crippen LogP contribution < -0.4 is 21.5 Å². The summed E-state index contributed by atoms with van der Waals surface area (Å²) >= 11 is 0. The number of nitrogens with two attached hydrogens (primary N) is 1. The minimum Gasteiger partial charge on any atom is -0.492 e. The lowest BCUT2D eigenvalue weighted by atomic mass is 10.1. The van der Waals surface area contributed by atoms with Crippen molar-refractivity contribution in [2.45, 2.75) is 31.7 Å². The molecule has 4 rings (SSSR count). The minimum atomic E-state index is -0.230. The van der Waals surface area contributed by atoms with E-state index in [1.807, 2.05) is 10.6 Å². The van der Waals surface area contributed by atoms with Crippen LogP contribution in [-0.4, -0.2) is 28.6 Å². The lowest BCUT2D eigenvalue weighted by molar-refractivity contribution is 0.102. The summed E-state index contributed by atoms with van der Waals surface area (Å²) in [4.78, 5) is 27.9. The molecule has 3 aromatic rings. The normalized spacial score (nSPS) is 14.5. The highest BCUT2D eigenvalue weighted by Crippen LogP contribution is 2.30. The standard InChI is InChI=1S/C21H24N4O3/c22-11-12-28-17-8-6-15(7-9-17)23-20(26)14-5-10-19-18(13-14)24-21(27)25(19)16-3-1-2-4-16/h5-10,13,16H,1-4,11-12,22H2,(H,23,26)(H,24,27). The van der Waals surface area contributed by atoms with Crippen LogP contribution in [0.25, 0.3) is 11.0 Å². The molecule has 1 aromatic heterocycles. The predicted molar refractivity (Wildman–Crippen MR) is 109 cm³/mol. The fourth-order valence-corrected chi connectivity index (χ4v) is 3.81. The van der Waals surface area contributed by atoms with Crippen molar-refractivity contribution in [2.24, 2.45) is 5.73 Å². The van der Waals surface area contributed by atoms with Gasteiger partial charge in [-0.05, 0) is 55.3 Å². The van der Waals surface area contributed by atoms with E-state index in [4.69, 9.17) is 10.5 Å². The van der Waals surface area contributed by atoms with Crippen LogP contribution in [0.2, 0.25) is 0 Å². The lowest BCUT2D eigenvalue weighted by Gasteiger charge is -2.11. The molecule has 4 N–H and O–H groups in total. The highest BCUT2D eigenvalue weighted by atomic mass is 16.5. The molecule has 1 saturated carbocycles. The number of ether oxygens (including phenoxy) is 1. The number of imidazole rings is 1. The predicted octanol–water partition coefficient (Wildman–Crippen LogP) is 3.03. The molecule has 0 radical (unpaired) electrons. The van der Waals surface area contributed by atoms with Crippen LogP contribution in [0.4, 0.5) is 5.69 Å². The van der Waals surface area contributed by atoms with Crippen molar-refractivity contribution >= 4 is 22.6 Å². The molecule has 0 bridgehead atoms. The summed E-state index contributed by atoms with van der Waals surface area (Å²) in [5.41, 5.74) is 8.02. The maximum atomic E-state index is 12.6. The van der Waals surface area contributed by atoms with Crippen molar-refractivity contribution < 1.29 is 9.53 Å². The molecule has 1 aliphatic rings. The molecule has 1 fully saturated rings. The first-order valence-electron chi connectivity index (χ1n) is 9.64. The number of benzene rings is 2. The number of nitrogens with zero attached hydrogens (tertiary/aromatic N) is 1. The first kappa shape index (κ1) is 18.3. The summed E-state index contributed by atoms with van der Waals surface area (Å²) in [7, 11) is 0. The van der Waals surface area contributed by atoms with E-state index in [9.17, 15) is 9.59 Å². The molecule has 1 aliphatic carbocycles. The Morgan fingerprint density at radius 1 is 1.18 bits per heavy atom. The number of aromatic amines is 1. The number of amides is 1. The molecule has 1 amide bonds. The van der Waals surface area contributed by atoms with Gasteiger partial charge in [0.25, 0.3) is 5.91 Å².